The van der Waals surface area contributed by atoms with Crippen molar-refractivity contribution < 1.29 is 14.3 Å². The quantitative estimate of drug-likeness (QED) is 0.346. The fourth-order valence-corrected chi connectivity index (χ4v) is 0.338. The predicted molar refractivity (Wildman–Crippen MR) is 41.3 cm³/mol. The standard InChI is InChI=1S/C7H11ClO3/c1-7(2,3)6(10)11-5(9)4-8/h4H2,1-3H3. The third kappa shape index (κ3) is 3.98. The highest BCUT2D eigenvalue weighted by Gasteiger charge is 2.25. The first-order valence-electron chi connectivity index (χ1n) is 3.19. The lowest BCUT2D eigenvalue weighted by molar-refractivity contribution is -0.163. The van der Waals surface area contributed by atoms with E-state index in [0.29, 0.717) is 0 Å². The van der Waals surface area contributed by atoms with Crippen LogP contribution >= 0.6 is 11.6 Å². The second kappa shape index (κ2) is 3.72. The van der Waals surface area contributed by atoms with Crippen molar-refractivity contribution in [2.75, 3.05) is 5.88 Å². The van der Waals surface area contributed by atoms with Gasteiger partial charge in [0, 0.05) is 0 Å². The van der Waals surface area contributed by atoms with Crippen molar-refractivity contribution in [3.8, 4) is 0 Å². The topological polar surface area (TPSA) is 43.4 Å². The molecular weight excluding hydrogens is 168 g/mol. The van der Waals surface area contributed by atoms with Crippen molar-refractivity contribution >= 4 is 23.5 Å². The van der Waals surface area contributed by atoms with Crippen molar-refractivity contribution in [2.24, 2.45) is 5.41 Å². The third-order valence-electron chi connectivity index (χ3n) is 0.928. The summed E-state index contributed by atoms with van der Waals surface area (Å²) in [4.78, 5) is 21.4. The fourth-order valence-electron chi connectivity index (χ4n) is 0.284. The zero-order valence-corrected chi connectivity index (χ0v) is 7.57. The van der Waals surface area contributed by atoms with Gasteiger partial charge in [-0.15, -0.1) is 11.6 Å². The molecule has 0 aliphatic rings. The number of esters is 2. The summed E-state index contributed by atoms with van der Waals surface area (Å²) in [6.45, 7) is 4.99. The summed E-state index contributed by atoms with van der Waals surface area (Å²) in [6, 6.07) is 0. The average Bonchev–Trinajstić information content (AvgIpc) is 1.85. The summed E-state index contributed by atoms with van der Waals surface area (Å²) in [5, 5.41) is 0. The molecule has 0 rings (SSSR count). The van der Waals surface area contributed by atoms with Crippen LogP contribution in [0.4, 0.5) is 0 Å². The fraction of sp³-hybridized carbons (Fsp3) is 0.714. The van der Waals surface area contributed by atoms with Gasteiger partial charge in [-0.25, -0.2) is 0 Å². The number of halogens is 1. The number of hydrogen-bond acceptors (Lipinski definition) is 3. The van der Waals surface area contributed by atoms with Gasteiger partial charge in [0.1, 0.15) is 5.88 Å². The predicted octanol–water partition coefficient (Wildman–Crippen LogP) is 1.34. The molecule has 0 bridgehead atoms. The Bertz CT molecular complexity index is 169. The van der Waals surface area contributed by atoms with Crippen LogP contribution in [-0.2, 0) is 14.3 Å². The van der Waals surface area contributed by atoms with Gasteiger partial charge in [-0.3, -0.25) is 9.59 Å². The lowest BCUT2D eigenvalue weighted by Gasteiger charge is -2.14. The third-order valence-corrected chi connectivity index (χ3v) is 1.15. The summed E-state index contributed by atoms with van der Waals surface area (Å²) in [7, 11) is 0. The summed E-state index contributed by atoms with van der Waals surface area (Å²) in [5.41, 5.74) is -0.651. The molecule has 0 spiro atoms. The molecule has 0 unspecified atom stereocenters. The molecule has 0 aliphatic carbocycles. The Labute approximate surface area is 70.7 Å². The molecule has 0 aromatic carbocycles. The van der Waals surface area contributed by atoms with Crippen molar-refractivity contribution in [3.63, 3.8) is 0 Å². The van der Waals surface area contributed by atoms with Gasteiger partial charge in [-0.2, -0.15) is 0 Å². The number of hydrogen-bond donors (Lipinski definition) is 0. The molecule has 0 heterocycles. The van der Waals surface area contributed by atoms with Crippen LogP contribution in [0.15, 0.2) is 0 Å². The van der Waals surface area contributed by atoms with Crippen molar-refractivity contribution in [2.45, 2.75) is 20.8 Å². The maximum absolute atomic E-state index is 10.9. The van der Waals surface area contributed by atoms with Crippen molar-refractivity contribution in [1.82, 2.24) is 0 Å². The molecule has 0 amide bonds. The first-order chi connectivity index (χ1) is 4.88. The second-order valence-electron chi connectivity index (χ2n) is 3.15. The smallest absolute Gasteiger partial charge is 0.328 e. The molecule has 0 aliphatic heterocycles. The van der Waals surface area contributed by atoms with Crippen LogP contribution in [0, 0.1) is 5.41 Å². The van der Waals surface area contributed by atoms with Crippen molar-refractivity contribution in [3.05, 3.63) is 0 Å². The van der Waals surface area contributed by atoms with E-state index < -0.39 is 17.4 Å². The van der Waals surface area contributed by atoms with Crippen LogP contribution in [0.1, 0.15) is 20.8 Å². The minimum atomic E-state index is -0.702. The van der Waals surface area contributed by atoms with E-state index in [-0.39, 0.29) is 5.88 Å². The zero-order chi connectivity index (χ0) is 9.07. The minimum Gasteiger partial charge on any atom is -0.392 e. The van der Waals surface area contributed by atoms with Gasteiger partial charge in [0.2, 0.25) is 0 Å². The van der Waals surface area contributed by atoms with E-state index in [1.54, 1.807) is 20.8 Å². The Kier molecular flexibility index (Phi) is 3.52. The van der Waals surface area contributed by atoms with Gasteiger partial charge in [-0.1, -0.05) is 0 Å². The van der Waals surface area contributed by atoms with Gasteiger partial charge in [0.05, 0.1) is 5.41 Å². The average molecular weight is 179 g/mol. The van der Waals surface area contributed by atoms with Crippen LogP contribution in [0.2, 0.25) is 0 Å². The number of ether oxygens (including phenoxy) is 1. The van der Waals surface area contributed by atoms with Crippen LogP contribution in [-0.4, -0.2) is 17.8 Å². The maximum Gasteiger partial charge on any atom is 0.328 e. The molecule has 0 saturated heterocycles. The molecule has 64 valence electrons. The van der Waals surface area contributed by atoms with Crippen LogP contribution in [0.25, 0.3) is 0 Å². The number of rotatable bonds is 1. The molecule has 0 atom stereocenters. The molecule has 11 heavy (non-hydrogen) atoms. The minimum absolute atomic E-state index is 0.290. The largest absolute Gasteiger partial charge is 0.392 e. The van der Waals surface area contributed by atoms with E-state index in [0.717, 1.165) is 0 Å². The highest BCUT2D eigenvalue weighted by atomic mass is 35.5. The second-order valence-corrected chi connectivity index (χ2v) is 3.41. The molecule has 0 saturated carbocycles. The Morgan fingerprint density at radius 1 is 1.36 bits per heavy atom. The molecular formula is C7H11ClO3. The van der Waals surface area contributed by atoms with E-state index in [2.05, 4.69) is 4.74 Å². The van der Waals surface area contributed by atoms with Crippen LogP contribution in [0.3, 0.4) is 0 Å². The molecule has 0 aromatic rings. The van der Waals surface area contributed by atoms with E-state index in [9.17, 15) is 9.59 Å². The molecule has 0 N–H and O–H groups in total. The maximum atomic E-state index is 10.9. The Balaban J connectivity index is 3.99. The monoisotopic (exact) mass is 178 g/mol. The number of alkyl halides is 1. The number of carbonyl (C=O) groups excluding carboxylic acids is 2. The number of carbonyl (C=O) groups is 2. The van der Waals surface area contributed by atoms with Gasteiger partial charge in [0.25, 0.3) is 0 Å². The summed E-state index contributed by atoms with van der Waals surface area (Å²) < 4.78 is 4.35. The Morgan fingerprint density at radius 3 is 2.09 bits per heavy atom. The van der Waals surface area contributed by atoms with Gasteiger partial charge in [0.15, 0.2) is 0 Å². The van der Waals surface area contributed by atoms with E-state index in [1.807, 2.05) is 0 Å². The normalized spacial score (nSPS) is 10.9. The highest BCUT2D eigenvalue weighted by Crippen LogP contribution is 2.14. The Hall–Kier alpha value is -0.570. The molecule has 3 nitrogen and oxygen atoms in total. The summed E-state index contributed by atoms with van der Waals surface area (Å²) >= 11 is 5.12. The van der Waals surface area contributed by atoms with Gasteiger partial charge < -0.3 is 4.74 Å². The molecule has 4 heteroatoms. The molecule has 0 fully saturated rings. The van der Waals surface area contributed by atoms with Crippen LogP contribution < -0.4 is 0 Å². The van der Waals surface area contributed by atoms with E-state index in [1.165, 1.54) is 0 Å². The van der Waals surface area contributed by atoms with Crippen molar-refractivity contribution in [1.29, 1.82) is 0 Å². The zero-order valence-electron chi connectivity index (χ0n) is 6.81. The van der Waals surface area contributed by atoms with E-state index in [4.69, 9.17) is 11.6 Å². The lowest BCUT2D eigenvalue weighted by atomic mass is 9.97. The molecule has 0 radical (unpaired) electrons. The highest BCUT2D eigenvalue weighted by molar-refractivity contribution is 6.27. The lowest BCUT2D eigenvalue weighted by Crippen LogP contribution is -2.26. The van der Waals surface area contributed by atoms with E-state index >= 15 is 0 Å². The van der Waals surface area contributed by atoms with Crippen LogP contribution in [0.5, 0.6) is 0 Å². The first-order valence-corrected chi connectivity index (χ1v) is 3.72. The molecule has 0 aromatic heterocycles. The summed E-state index contributed by atoms with van der Waals surface area (Å²) in [6.07, 6.45) is 0. The van der Waals surface area contributed by atoms with Gasteiger partial charge >= 0.3 is 11.9 Å². The van der Waals surface area contributed by atoms with Gasteiger partial charge in [-0.05, 0) is 20.8 Å². The Morgan fingerprint density at radius 2 is 1.82 bits per heavy atom. The summed E-state index contributed by atoms with van der Waals surface area (Å²) in [5.74, 6) is -1.54. The SMILES string of the molecule is CC(C)(C)C(=O)OC(=O)CCl. The first kappa shape index (κ1) is 10.4.